The highest BCUT2D eigenvalue weighted by molar-refractivity contribution is 5.56. The van der Waals surface area contributed by atoms with Crippen LogP contribution in [0.1, 0.15) is 17.1 Å². The first-order chi connectivity index (χ1) is 9.10. The summed E-state index contributed by atoms with van der Waals surface area (Å²) in [7, 11) is 1.91. The lowest BCUT2D eigenvalue weighted by molar-refractivity contribution is 0.741. The Balaban J connectivity index is 2.01. The lowest BCUT2D eigenvalue weighted by atomic mass is 10.3. The van der Waals surface area contributed by atoms with E-state index in [4.69, 9.17) is 5.84 Å². The van der Waals surface area contributed by atoms with Crippen molar-refractivity contribution in [3.05, 3.63) is 29.3 Å². The molecule has 0 fully saturated rings. The molecule has 19 heavy (non-hydrogen) atoms. The molecule has 0 bridgehead atoms. The largest absolute Gasteiger partial charge is 0.369 e. The van der Waals surface area contributed by atoms with Crippen LogP contribution in [0, 0.1) is 13.8 Å². The summed E-state index contributed by atoms with van der Waals surface area (Å²) in [6.07, 6.45) is 2.78. The van der Waals surface area contributed by atoms with Gasteiger partial charge in [0, 0.05) is 31.8 Å². The maximum absolute atomic E-state index is 5.43. The monoisotopic (exact) mass is 261 g/mol. The summed E-state index contributed by atoms with van der Waals surface area (Å²) < 4.78 is 1.80. The number of aryl methyl sites for hydroxylation is 2. The number of anilines is 2. The number of hydrazine groups is 1. The molecule has 7 nitrogen and oxygen atoms in total. The molecule has 102 valence electrons. The second-order valence-electron chi connectivity index (χ2n) is 4.39. The van der Waals surface area contributed by atoms with E-state index in [1.165, 1.54) is 0 Å². The van der Waals surface area contributed by atoms with Gasteiger partial charge in [-0.05, 0) is 19.9 Å². The molecule has 4 N–H and O–H groups in total. The van der Waals surface area contributed by atoms with Gasteiger partial charge in [-0.1, -0.05) is 0 Å². The van der Waals surface area contributed by atoms with Crippen molar-refractivity contribution in [2.75, 3.05) is 17.3 Å². The van der Waals surface area contributed by atoms with Crippen LogP contribution in [0.3, 0.4) is 0 Å². The third-order valence-corrected chi connectivity index (χ3v) is 2.84. The molecule has 0 aliphatic heterocycles. The molecule has 0 spiro atoms. The molecule has 0 amide bonds. The Morgan fingerprint density at radius 1 is 1.26 bits per heavy atom. The van der Waals surface area contributed by atoms with Crippen molar-refractivity contribution in [1.29, 1.82) is 0 Å². The van der Waals surface area contributed by atoms with Crippen molar-refractivity contribution in [3.8, 4) is 0 Å². The summed E-state index contributed by atoms with van der Waals surface area (Å²) in [5, 5.41) is 7.62. The normalized spacial score (nSPS) is 10.5. The van der Waals surface area contributed by atoms with Crippen molar-refractivity contribution in [2.24, 2.45) is 12.9 Å². The number of hydrogen-bond acceptors (Lipinski definition) is 6. The van der Waals surface area contributed by atoms with E-state index in [1.807, 2.05) is 33.2 Å². The Morgan fingerprint density at radius 3 is 2.63 bits per heavy atom. The first kappa shape index (κ1) is 13.3. The van der Waals surface area contributed by atoms with Crippen LogP contribution in [-0.2, 0) is 13.5 Å². The molecule has 2 aromatic heterocycles. The van der Waals surface area contributed by atoms with E-state index in [2.05, 4.69) is 25.8 Å². The summed E-state index contributed by atoms with van der Waals surface area (Å²) in [5.74, 6) is 7.56. The first-order valence-corrected chi connectivity index (χ1v) is 6.14. The zero-order chi connectivity index (χ0) is 13.8. The number of rotatable bonds is 5. The third-order valence-electron chi connectivity index (χ3n) is 2.84. The number of nitrogens with zero attached hydrogens (tertiary/aromatic N) is 4. The SMILES string of the molecule is Cc1nc(NN)c(C)c(NCCc2ccn(C)n2)n1. The van der Waals surface area contributed by atoms with Crippen LogP contribution in [0.15, 0.2) is 12.3 Å². The molecule has 0 atom stereocenters. The van der Waals surface area contributed by atoms with E-state index in [0.29, 0.717) is 11.6 Å². The fourth-order valence-corrected chi connectivity index (χ4v) is 1.85. The van der Waals surface area contributed by atoms with Crippen molar-refractivity contribution < 1.29 is 0 Å². The van der Waals surface area contributed by atoms with Gasteiger partial charge in [-0.15, -0.1) is 0 Å². The summed E-state index contributed by atoms with van der Waals surface area (Å²) in [4.78, 5) is 8.59. The zero-order valence-corrected chi connectivity index (χ0v) is 11.4. The molecule has 0 unspecified atom stereocenters. The van der Waals surface area contributed by atoms with Gasteiger partial charge < -0.3 is 10.7 Å². The molecule has 2 rings (SSSR count). The minimum atomic E-state index is 0.646. The number of nitrogens with one attached hydrogen (secondary N) is 2. The molecule has 0 aliphatic rings. The number of hydrogen-bond donors (Lipinski definition) is 3. The highest BCUT2D eigenvalue weighted by Crippen LogP contribution is 2.18. The summed E-state index contributed by atoms with van der Waals surface area (Å²) in [6.45, 7) is 4.53. The highest BCUT2D eigenvalue weighted by Gasteiger charge is 2.07. The smallest absolute Gasteiger partial charge is 0.148 e. The van der Waals surface area contributed by atoms with Gasteiger partial charge >= 0.3 is 0 Å². The van der Waals surface area contributed by atoms with Crippen LogP contribution < -0.4 is 16.6 Å². The standard InChI is InChI=1S/C12H19N7/c1-8-11(15-9(2)16-12(8)17-13)14-6-4-10-5-7-19(3)18-10/h5,7H,4,6,13H2,1-3H3,(H2,14,15,16,17). The average Bonchev–Trinajstić information content (AvgIpc) is 2.79. The quantitative estimate of drug-likeness (QED) is 0.543. The molecule has 0 aliphatic carbocycles. The topological polar surface area (TPSA) is 93.7 Å². The second-order valence-corrected chi connectivity index (χ2v) is 4.39. The Kier molecular flexibility index (Phi) is 3.96. The second kappa shape index (κ2) is 5.66. The zero-order valence-electron chi connectivity index (χ0n) is 11.4. The number of nitrogen functional groups attached to an aromatic ring is 1. The predicted octanol–water partition coefficient (Wildman–Crippen LogP) is 0.767. The molecule has 2 heterocycles. The Hall–Kier alpha value is -2.15. The summed E-state index contributed by atoms with van der Waals surface area (Å²) in [6, 6.07) is 2.01. The van der Waals surface area contributed by atoms with Gasteiger partial charge in [-0.2, -0.15) is 5.10 Å². The Labute approximate surface area is 112 Å². The molecule has 2 aromatic rings. The van der Waals surface area contributed by atoms with Crippen LogP contribution in [0.4, 0.5) is 11.6 Å². The van der Waals surface area contributed by atoms with E-state index in [9.17, 15) is 0 Å². The lowest BCUT2D eigenvalue weighted by Crippen LogP contribution is -2.15. The van der Waals surface area contributed by atoms with Gasteiger partial charge in [0.2, 0.25) is 0 Å². The van der Waals surface area contributed by atoms with E-state index in [0.717, 1.165) is 30.0 Å². The summed E-state index contributed by atoms with van der Waals surface area (Å²) in [5.41, 5.74) is 4.54. The van der Waals surface area contributed by atoms with Gasteiger partial charge in [0.15, 0.2) is 0 Å². The summed E-state index contributed by atoms with van der Waals surface area (Å²) >= 11 is 0. The van der Waals surface area contributed by atoms with Crippen LogP contribution in [-0.4, -0.2) is 26.3 Å². The molecular weight excluding hydrogens is 242 g/mol. The van der Waals surface area contributed by atoms with E-state index < -0.39 is 0 Å². The number of nitrogens with two attached hydrogens (primary N) is 1. The van der Waals surface area contributed by atoms with E-state index in [1.54, 1.807) is 4.68 Å². The molecule has 0 aromatic carbocycles. The van der Waals surface area contributed by atoms with Crippen molar-refractivity contribution in [1.82, 2.24) is 19.7 Å². The van der Waals surface area contributed by atoms with Crippen LogP contribution in [0.5, 0.6) is 0 Å². The maximum atomic E-state index is 5.43. The molecule has 7 heteroatoms. The maximum Gasteiger partial charge on any atom is 0.148 e. The predicted molar refractivity (Wildman–Crippen MR) is 74.7 cm³/mol. The van der Waals surface area contributed by atoms with Crippen molar-refractivity contribution in [2.45, 2.75) is 20.3 Å². The van der Waals surface area contributed by atoms with E-state index >= 15 is 0 Å². The molecule has 0 radical (unpaired) electrons. The van der Waals surface area contributed by atoms with Gasteiger partial charge in [-0.25, -0.2) is 15.8 Å². The third kappa shape index (κ3) is 3.19. The minimum absolute atomic E-state index is 0.646. The van der Waals surface area contributed by atoms with Crippen LogP contribution in [0.25, 0.3) is 0 Å². The van der Waals surface area contributed by atoms with Gasteiger partial charge in [-0.3, -0.25) is 4.68 Å². The van der Waals surface area contributed by atoms with Gasteiger partial charge in [0.1, 0.15) is 17.5 Å². The van der Waals surface area contributed by atoms with Crippen LogP contribution >= 0.6 is 0 Å². The van der Waals surface area contributed by atoms with Crippen molar-refractivity contribution >= 4 is 11.6 Å². The van der Waals surface area contributed by atoms with E-state index in [-0.39, 0.29) is 0 Å². The highest BCUT2D eigenvalue weighted by atomic mass is 15.3. The Morgan fingerprint density at radius 2 is 2.00 bits per heavy atom. The minimum Gasteiger partial charge on any atom is -0.369 e. The molecule has 0 saturated carbocycles. The average molecular weight is 261 g/mol. The molecule has 0 saturated heterocycles. The number of aromatic nitrogens is 4. The van der Waals surface area contributed by atoms with Crippen molar-refractivity contribution in [3.63, 3.8) is 0 Å². The molecular formula is C12H19N7. The fourth-order valence-electron chi connectivity index (χ4n) is 1.85. The fraction of sp³-hybridized carbons (Fsp3) is 0.417. The van der Waals surface area contributed by atoms with Gasteiger partial charge in [0.05, 0.1) is 5.69 Å². The lowest BCUT2D eigenvalue weighted by Gasteiger charge is -2.11. The van der Waals surface area contributed by atoms with Crippen LogP contribution in [0.2, 0.25) is 0 Å². The van der Waals surface area contributed by atoms with Gasteiger partial charge in [0.25, 0.3) is 0 Å². The first-order valence-electron chi connectivity index (χ1n) is 6.14. The Bertz CT molecular complexity index is 561.